The zero-order valence-electron chi connectivity index (χ0n) is 10.6. The van der Waals surface area contributed by atoms with Crippen LogP contribution in [0.15, 0.2) is 0 Å². The van der Waals surface area contributed by atoms with Gasteiger partial charge in [0.1, 0.15) is 13.1 Å². The maximum absolute atomic E-state index is 11.4. The Kier molecular flexibility index (Phi) is 6.69. The van der Waals surface area contributed by atoms with Crippen LogP contribution in [0.4, 0.5) is 4.79 Å². The van der Waals surface area contributed by atoms with Gasteiger partial charge in [0.25, 0.3) is 0 Å². The number of rotatable bonds is 5. The summed E-state index contributed by atoms with van der Waals surface area (Å²) in [4.78, 5) is 36.3. The van der Waals surface area contributed by atoms with Crippen molar-refractivity contribution in [1.82, 2.24) is 15.1 Å². The Balaban J connectivity index is 3.98. The third-order valence-electron chi connectivity index (χ3n) is 1.91. The summed E-state index contributed by atoms with van der Waals surface area (Å²) in [6, 6.07) is -0.492. The summed E-state index contributed by atoms with van der Waals surface area (Å²) >= 11 is 0. The summed E-state index contributed by atoms with van der Waals surface area (Å²) < 4.78 is 4.64. The smallest absolute Gasteiger partial charge is 0.325 e. The van der Waals surface area contributed by atoms with Crippen LogP contribution in [0, 0.1) is 0 Å². The normalized spacial score (nSPS) is 9.41. The summed E-state index contributed by atoms with van der Waals surface area (Å²) in [5.74, 6) is -0.702. The summed E-state index contributed by atoms with van der Waals surface area (Å²) in [6.07, 6.45) is 0. The molecule has 0 spiro atoms. The quantitative estimate of drug-likeness (QED) is 0.648. The molecule has 7 heteroatoms. The average molecular weight is 245 g/mol. The number of amides is 3. The molecule has 0 aromatic carbocycles. The van der Waals surface area contributed by atoms with Gasteiger partial charge in [-0.05, 0) is 6.92 Å². The molecule has 0 saturated heterocycles. The van der Waals surface area contributed by atoms with Crippen molar-refractivity contribution in [1.29, 1.82) is 0 Å². The van der Waals surface area contributed by atoms with Crippen molar-refractivity contribution >= 4 is 17.9 Å². The molecule has 0 fully saturated rings. The molecule has 0 aromatic rings. The third-order valence-corrected chi connectivity index (χ3v) is 1.91. The van der Waals surface area contributed by atoms with Gasteiger partial charge in [0, 0.05) is 21.1 Å². The molecule has 7 nitrogen and oxygen atoms in total. The number of esters is 1. The second kappa shape index (κ2) is 7.48. The monoisotopic (exact) mass is 245 g/mol. The molecule has 3 amide bonds. The van der Waals surface area contributed by atoms with Gasteiger partial charge in [-0.1, -0.05) is 0 Å². The fourth-order valence-electron chi connectivity index (χ4n) is 0.911. The van der Waals surface area contributed by atoms with Crippen LogP contribution in [0.3, 0.4) is 0 Å². The van der Waals surface area contributed by atoms with Gasteiger partial charge >= 0.3 is 12.0 Å². The summed E-state index contributed by atoms with van der Waals surface area (Å²) in [6.45, 7) is 1.71. The highest BCUT2D eigenvalue weighted by Gasteiger charge is 2.14. The zero-order valence-corrected chi connectivity index (χ0v) is 10.6. The van der Waals surface area contributed by atoms with E-state index >= 15 is 0 Å². The van der Waals surface area contributed by atoms with E-state index in [1.807, 2.05) is 0 Å². The maximum Gasteiger partial charge on any atom is 0.325 e. The number of nitrogens with zero attached hydrogens (tertiary/aromatic N) is 2. The largest absolute Gasteiger partial charge is 0.465 e. The zero-order chi connectivity index (χ0) is 13.4. The molecule has 0 radical (unpaired) electrons. The highest BCUT2D eigenvalue weighted by Crippen LogP contribution is 1.88. The Morgan fingerprint density at radius 3 is 2.24 bits per heavy atom. The van der Waals surface area contributed by atoms with Crippen LogP contribution in [-0.2, 0) is 14.3 Å². The fraction of sp³-hybridized carbons (Fsp3) is 0.700. The van der Waals surface area contributed by atoms with Crippen molar-refractivity contribution in [3.63, 3.8) is 0 Å². The highest BCUT2D eigenvalue weighted by molar-refractivity contribution is 5.85. The van der Waals surface area contributed by atoms with Crippen molar-refractivity contribution in [2.45, 2.75) is 6.92 Å². The van der Waals surface area contributed by atoms with Crippen molar-refractivity contribution < 1.29 is 19.1 Å². The maximum atomic E-state index is 11.4. The number of hydrogen-bond donors (Lipinski definition) is 1. The Labute approximate surface area is 101 Å². The first kappa shape index (κ1) is 15.2. The molecule has 0 bridgehead atoms. The van der Waals surface area contributed by atoms with Crippen LogP contribution in [0.1, 0.15) is 6.92 Å². The van der Waals surface area contributed by atoms with Crippen LogP contribution < -0.4 is 5.32 Å². The summed E-state index contributed by atoms with van der Waals surface area (Å²) in [7, 11) is 4.68. The predicted molar refractivity (Wildman–Crippen MR) is 61.4 cm³/mol. The van der Waals surface area contributed by atoms with E-state index in [2.05, 4.69) is 10.1 Å². The lowest BCUT2D eigenvalue weighted by molar-refractivity contribution is -0.141. The standard InChI is InChI=1S/C10H19N3O4/c1-5-17-9(15)6-11-10(16)13(4)7-8(14)12(2)3/h5-7H2,1-4H3,(H,11,16). The molecule has 0 heterocycles. The average Bonchev–Trinajstić information content (AvgIpc) is 2.25. The topological polar surface area (TPSA) is 79.0 Å². The van der Waals surface area contributed by atoms with Gasteiger partial charge in [-0.25, -0.2) is 4.79 Å². The van der Waals surface area contributed by atoms with E-state index in [9.17, 15) is 14.4 Å². The Morgan fingerprint density at radius 2 is 1.76 bits per heavy atom. The number of likely N-dealkylation sites (N-methyl/N-ethyl adjacent to an activating group) is 2. The minimum Gasteiger partial charge on any atom is -0.465 e. The molecule has 0 rings (SSSR count). The van der Waals surface area contributed by atoms with Gasteiger partial charge < -0.3 is 19.9 Å². The molecular weight excluding hydrogens is 226 g/mol. The highest BCUT2D eigenvalue weighted by atomic mass is 16.5. The lowest BCUT2D eigenvalue weighted by Gasteiger charge is -2.19. The lowest BCUT2D eigenvalue weighted by Crippen LogP contribution is -2.44. The van der Waals surface area contributed by atoms with E-state index in [0.717, 1.165) is 0 Å². The molecule has 0 saturated carbocycles. The Hall–Kier alpha value is -1.79. The van der Waals surface area contributed by atoms with Gasteiger partial charge in [0.2, 0.25) is 5.91 Å². The molecule has 0 aliphatic rings. The molecular formula is C10H19N3O4. The molecule has 0 aromatic heterocycles. The first-order chi connectivity index (χ1) is 7.88. The van der Waals surface area contributed by atoms with Gasteiger partial charge in [0.15, 0.2) is 0 Å². The molecule has 0 aliphatic carbocycles. The number of urea groups is 1. The second-order valence-electron chi connectivity index (χ2n) is 3.61. The Morgan fingerprint density at radius 1 is 1.18 bits per heavy atom. The molecule has 0 aliphatic heterocycles. The van der Waals surface area contributed by atoms with Crippen molar-refractivity contribution in [3.8, 4) is 0 Å². The van der Waals surface area contributed by atoms with E-state index in [-0.39, 0.29) is 25.6 Å². The van der Waals surface area contributed by atoms with Crippen LogP contribution in [0.5, 0.6) is 0 Å². The molecule has 98 valence electrons. The van der Waals surface area contributed by atoms with Crippen LogP contribution >= 0.6 is 0 Å². The summed E-state index contributed by atoms with van der Waals surface area (Å²) in [5.41, 5.74) is 0. The van der Waals surface area contributed by atoms with Crippen LogP contribution in [-0.4, -0.2) is 68.5 Å². The number of carbonyl (C=O) groups is 3. The first-order valence-corrected chi connectivity index (χ1v) is 5.23. The lowest BCUT2D eigenvalue weighted by atomic mass is 10.5. The van der Waals surface area contributed by atoms with E-state index in [0.29, 0.717) is 0 Å². The number of carbonyl (C=O) groups excluding carboxylic acids is 3. The van der Waals surface area contributed by atoms with E-state index in [4.69, 9.17) is 0 Å². The van der Waals surface area contributed by atoms with Crippen molar-refractivity contribution in [2.75, 3.05) is 40.8 Å². The fourth-order valence-corrected chi connectivity index (χ4v) is 0.911. The van der Waals surface area contributed by atoms with Gasteiger partial charge in [-0.15, -0.1) is 0 Å². The minimum absolute atomic E-state index is 0.0400. The van der Waals surface area contributed by atoms with E-state index in [1.54, 1.807) is 21.0 Å². The minimum atomic E-state index is -0.506. The molecule has 17 heavy (non-hydrogen) atoms. The van der Waals surface area contributed by atoms with Crippen molar-refractivity contribution in [3.05, 3.63) is 0 Å². The Bertz CT molecular complexity index is 291. The number of ether oxygens (including phenoxy) is 1. The second-order valence-corrected chi connectivity index (χ2v) is 3.61. The first-order valence-electron chi connectivity index (χ1n) is 5.23. The van der Waals surface area contributed by atoms with E-state index < -0.39 is 12.0 Å². The number of nitrogens with one attached hydrogen (secondary N) is 1. The van der Waals surface area contributed by atoms with Gasteiger partial charge in [0.05, 0.1) is 6.61 Å². The van der Waals surface area contributed by atoms with Gasteiger partial charge in [-0.3, -0.25) is 9.59 Å². The SMILES string of the molecule is CCOC(=O)CNC(=O)N(C)CC(=O)N(C)C. The van der Waals surface area contributed by atoms with Crippen molar-refractivity contribution in [2.24, 2.45) is 0 Å². The molecule has 1 N–H and O–H groups in total. The molecule has 0 unspecified atom stereocenters. The molecule has 0 atom stereocenters. The van der Waals surface area contributed by atoms with Crippen LogP contribution in [0.25, 0.3) is 0 Å². The summed E-state index contributed by atoms with van der Waals surface area (Å²) in [5, 5.41) is 2.35. The van der Waals surface area contributed by atoms with Gasteiger partial charge in [-0.2, -0.15) is 0 Å². The third kappa shape index (κ3) is 6.39. The van der Waals surface area contributed by atoms with E-state index in [1.165, 1.54) is 16.8 Å². The number of hydrogen-bond acceptors (Lipinski definition) is 4. The van der Waals surface area contributed by atoms with Crippen LogP contribution in [0.2, 0.25) is 0 Å². The predicted octanol–water partition coefficient (Wildman–Crippen LogP) is -0.721.